The van der Waals surface area contributed by atoms with E-state index in [2.05, 4.69) is 56.0 Å². The minimum atomic E-state index is -1.18. The molecule has 0 bridgehead atoms. The van der Waals surface area contributed by atoms with Gasteiger partial charge >= 0.3 is 0 Å². The largest absolute Gasteiger partial charge is 0.380 e. The molecule has 0 fully saturated rings. The molecule has 0 aliphatic carbocycles. The van der Waals surface area contributed by atoms with Gasteiger partial charge in [0, 0.05) is 156 Å². The molecule has 0 spiro atoms. The molecule has 0 saturated carbocycles. The van der Waals surface area contributed by atoms with E-state index < -0.39 is 59.5 Å². The van der Waals surface area contributed by atoms with Crippen LogP contribution in [0.4, 0.5) is 0 Å². The molecule has 1 heterocycles. The number of aromatic amines is 1. The van der Waals surface area contributed by atoms with Crippen LogP contribution in [-0.4, -0.2) is 108 Å². The van der Waals surface area contributed by atoms with Crippen molar-refractivity contribution in [3.63, 3.8) is 0 Å². The zero-order valence-electron chi connectivity index (χ0n) is 35.2. The molecule has 18 nitrogen and oxygen atoms in total. The second-order valence-corrected chi connectivity index (χ2v) is 14.5. The maximum Gasteiger partial charge on any atom is 0.243 e. The average molecular weight is 1150 g/mol. The summed E-state index contributed by atoms with van der Waals surface area (Å²) < 4.78 is 0. The van der Waals surface area contributed by atoms with E-state index >= 15 is 0 Å². The topological polar surface area (TPSA) is 266 Å². The van der Waals surface area contributed by atoms with Crippen LogP contribution in [0.1, 0.15) is 56.7 Å². The molecule has 0 saturated heterocycles. The standard InChI is InChI=1S/C42H58N10O8.2Gd/c1-6-26(2)39(51-41(59)36(49-29(5)55)21-32-24-46-34-13-8-7-12-33(32)34)42(60)50-35(14-15-37(43)56)40(58)48-23-31-11-9-10-30(20-31)22-47-38(57)25-52(18-16-44-27(3)53)19-17-45-28(4)54;;/h7-13,20,24,26,35-36,39,46H,3-4,6,14-19,21-23,25H2,1-2,5H3,(H2,43,56)(H,44,53)(H,45,54)(H,47,57)(H,48,58)(H,49,55)(H,50,60)(H,51,59);;/q-2;;/t26?,35-,36-,39-;;/m0../s1. The number of nitrogens with zero attached hydrogens (tertiary/aromatic N) is 1. The van der Waals surface area contributed by atoms with Crippen LogP contribution in [-0.2, 0) is 57.9 Å². The third-order valence-electron chi connectivity index (χ3n) is 9.71. The van der Waals surface area contributed by atoms with Crippen LogP contribution in [0.15, 0.2) is 54.7 Å². The number of amides is 8. The average Bonchev–Trinajstić information content (AvgIpc) is 3.61. The van der Waals surface area contributed by atoms with Crippen molar-refractivity contribution in [3.8, 4) is 0 Å². The maximum atomic E-state index is 13.9. The predicted octanol–water partition coefficient (Wildman–Crippen LogP) is -0.369. The monoisotopic (exact) mass is 1150 g/mol. The molecule has 342 valence electrons. The SMILES string of the molecule is [CH2-]C(=O)NCCN(CCNC([CH2-])=O)CC(=O)NCc1cccc(CNC(=O)[C@H](CCC(N)=O)NC(=O)[C@@H](NC(=O)[C@H](Cc2c[nH]c3ccccc23)NC(C)=O)C(C)CC)c1.[Gd].[Gd]. The molecule has 0 aliphatic heterocycles. The Bertz CT molecular complexity index is 1960. The summed E-state index contributed by atoms with van der Waals surface area (Å²) in [5.41, 5.74) is 8.50. The van der Waals surface area contributed by atoms with Crippen molar-refractivity contribution in [2.75, 3.05) is 32.7 Å². The molecule has 8 amide bonds. The molecule has 0 radical (unpaired) electrons. The van der Waals surface area contributed by atoms with E-state index in [1.54, 1.807) is 42.3 Å². The van der Waals surface area contributed by atoms with E-state index in [1.165, 1.54) is 6.92 Å². The van der Waals surface area contributed by atoms with Crippen LogP contribution >= 0.6 is 0 Å². The van der Waals surface area contributed by atoms with Crippen molar-refractivity contribution in [3.05, 3.63) is 85.3 Å². The third-order valence-corrected chi connectivity index (χ3v) is 9.71. The van der Waals surface area contributed by atoms with Gasteiger partial charge in [0.05, 0.1) is 18.4 Å². The number of fused-ring (bicyclic) bond motifs is 1. The number of hydrogen-bond donors (Lipinski definition) is 9. The Morgan fingerprint density at radius 2 is 1.37 bits per heavy atom. The Morgan fingerprint density at radius 3 is 1.95 bits per heavy atom. The van der Waals surface area contributed by atoms with E-state index in [1.807, 2.05) is 31.2 Å². The molecule has 2 aromatic carbocycles. The number of primary amides is 1. The zero-order valence-corrected chi connectivity index (χ0v) is 39.7. The number of H-pyrrole nitrogens is 1. The summed E-state index contributed by atoms with van der Waals surface area (Å²) in [7, 11) is 0. The summed E-state index contributed by atoms with van der Waals surface area (Å²) in [5.74, 6) is -4.48. The fourth-order valence-corrected chi connectivity index (χ4v) is 6.35. The number of rotatable bonds is 25. The van der Waals surface area contributed by atoms with Crippen molar-refractivity contribution >= 4 is 58.2 Å². The quantitative estimate of drug-likeness (QED) is 0.0501. The van der Waals surface area contributed by atoms with Crippen LogP contribution in [0.2, 0.25) is 0 Å². The molecule has 10 N–H and O–H groups in total. The molecule has 1 aromatic heterocycles. The first-order valence-electron chi connectivity index (χ1n) is 19.8. The molecular weight excluding hydrogens is 1090 g/mol. The first-order valence-corrected chi connectivity index (χ1v) is 19.8. The fraction of sp³-hybridized carbons (Fsp3) is 0.429. The van der Waals surface area contributed by atoms with Crippen LogP contribution in [0.25, 0.3) is 10.9 Å². The molecular formula is C42H58Gd2N10O8-2. The fourth-order valence-electron chi connectivity index (χ4n) is 6.35. The predicted molar refractivity (Wildman–Crippen MR) is 225 cm³/mol. The Labute approximate surface area is 426 Å². The molecule has 0 aliphatic rings. The number of benzene rings is 2. The number of hydrogen-bond acceptors (Lipinski definition) is 9. The minimum absolute atomic E-state index is 0. The summed E-state index contributed by atoms with van der Waals surface area (Å²) >= 11 is 0. The number of carbonyl (C=O) groups excluding carboxylic acids is 8. The van der Waals surface area contributed by atoms with Gasteiger partial charge in [0.1, 0.15) is 18.1 Å². The second-order valence-electron chi connectivity index (χ2n) is 14.5. The summed E-state index contributed by atoms with van der Waals surface area (Å²) in [6.07, 6.45) is 2.11. The Morgan fingerprint density at radius 1 is 0.758 bits per heavy atom. The van der Waals surface area contributed by atoms with Crippen LogP contribution < -0.4 is 43.0 Å². The van der Waals surface area contributed by atoms with E-state index in [4.69, 9.17) is 5.73 Å². The molecule has 62 heavy (non-hydrogen) atoms. The normalized spacial score (nSPS) is 12.5. The Kier molecular flexibility index (Phi) is 26.7. The van der Waals surface area contributed by atoms with Crippen molar-refractivity contribution in [1.29, 1.82) is 0 Å². The van der Waals surface area contributed by atoms with Gasteiger partial charge in [-0.15, -0.1) is 0 Å². The molecule has 20 heteroatoms. The number of nitrogens with one attached hydrogen (secondary N) is 8. The van der Waals surface area contributed by atoms with Crippen LogP contribution in [0, 0.1) is 99.6 Å². The van der Waals surface area contributed by atoms with E-state index in [9.17, 15) is 38.4 Å². The number of carbonyl (C=O) groups is 8. The van der Waals surface area contributed by atoms with Gasteiger partial charge in [-0.3, -0.25) is 33.7 Å². The van der Waals surface area contributed by atoms with Gasteiger partial charge in [-0.25, -0.2) is 0 Å². The van der Waals surface area contributed by atoms with Crippen LogP contribution in [0.5, 0.6) is 0 Å². The van der Waals surface area contributed by atoms with Crippen LogP contribution in [0.3, 0.4) is 0 Å². The smallest absolute Gasteiger partial charge is 0.243 e. The number of nitrogens with two attached hydrogens (primary N) is 1. The van der Waals surface area contributed by atoms with E-state index in [0.29, 0.717) is 25.1 Å². The summed E-state index contributed by atoms with van der Waals surface area (Å²) in [6.45, 7) is 12.9. The second kappa shape index (κ2) is 29.5. The summed E-state index contributed by atoms with van der Waals surface area (Å²) in [6, 6.07) is 11.4. The molecule has 4 atom stereocenters. The van der Waals surface area contributed by atoms with Gasteiger partial charge < -0.3 is 71.4 Å². The first-order chi connectivity index (χ1) is 28.6. The maximum absolute atomic E-state index is 13.9. The minimum Gasteiger partial charge on any atom is -0.380 e. The van der Waals surface area contributed by atoms with Gasteiger partial charge in [0.15, 0.2) is 0 Å². The Hall–Kier alpha value is -3.91. The molecule has 3 aromatic rings. The van der Waals surface area contributed by atoms with Gasteiger partial charge in [-0.1, -0.05) is 62.7 Å². The summed E-state index contributed by atoms with van der Waals surface area (Å²) in [5, 5.41) is 19.9. The Balaban J connectivity index is 0.00000961. The van der Waals surface area contributed by atoms with Crippen molar-refractivity contribution in [1.82, 2.24) is 47.1 Å². The van der Waals surface area contributed by atoms with Gasteiger partial charge in [0.2, 0.25) is 35.4 Å². The van der Waals surface area contributed by atoms with Gasteiger partial charge in [0.25, 0.3) is 0 Å². The van der Waals surface area contributed by atoms with Crippen molar-refractivity contribution in [2.24, 2.45) is 11.7 Å². The van der Waals surface area contributed by atoms with Crippen molar-refractivity contribution < 1.29 is 118 Å². The molecule has 3 rings (SSSR count). The first kappa shape index (κ1) is 56.1. The van der Waals surface area contributed by atoms with Gasteiger partial charge in [-0.05, 0) is 35.1 Å². The number of para-hydroxylation sites is 1. The van der Waals surface area contributed by atoms with E-state index in [-0.39, 0.29) is 144 Å². The van der Waals surface area contributed by atoms with E-state index in [0.717, 1.165) is 22.0 Å². The van der Waals surface area contributed by atoms with Gasteiger partial charge in [-0.2, -0.15) is 0 Å². The number of aromatic nitrogens is 1. The third kappa shape index (κ3) is 20.5. The zero-order chi connectivity index (χ0) is 44.2. The summed E-state index contributed by atoms with van der Waals surface area (Å²) in [4.78, 5) is 105. The molecule has 1 unspecified atom stereocenters. The van der Waals surface area contributed by atoms with Crippen molar-refractivity contribution in [2.45, 2.75) is 77.7 Å².